The van der Waals surface area contributed by atoms with E-state index in [4.69, 9.17) is 0 Å². The van der Waals surface area contributed by atoms with E-state index in [0.717, 1.165) is 5.56 Å². The van der Waals surface area contributed by atoms with Crippen LogP contribution in [0, 0.1) is 0 Å². The highest BCUT2D eigenvalue weighted by Gasteiger charge is 2.39. The van der Waals surface area contributed by atoms with Crippen molar-refractivity contribution in [3.63, 3.8) is 0 Å². The summed E-state index contributed by atoms with van der Waals surface area (Å²) in [5, 5.41) is 5.52. The highest BCUT2D eigenvalue weighted by atomic mass is 79.9. The van der Waals surface area contributed by atoms with Crippen molar-refractivity contribution in [2.24, 2.45) is 0 Å². The fourth-order valence-corrected chi connectivity index (χ4v) is 7.02. The van der Waals surface area contributed by atoms with Crippen molar-refractivity contribution in [3.8, 4) is 0 Å². The van der Waals surface area contributed by atoms with Crippen molar-refractivity contribution < 1.29 is 17.0 Å². The van der Waals surface area contributed by atoms with Gasteiger partial charge in [-0.15, -0.1) is 0 Å². The molecule has 0 aliphatic carbocycles. The van der Waals surface area contributed by atoms with Crippen LogP contribution in [0.5, 0.6) is 0 Å². The van der Waals surface area contributed by atoms with Gasteiger partial charge in [0.05, 0.1) is 6.66 Å². The predicted molar refractivity (Wildman–Crippen MR) is 139 cm³/mol. The maximum absolute atomic E-state index is 3.71. The molecule has 1 N–H and O–H groups in total. The number of rotatable bonds is 4. The van der Waals surface area contributed by atoms with Crippen LogP contribution in [-0.4, -0.2) is 11.6 Å². The van der Waals surface area contributed by atoms with Crippen LogP contribution in [0.3, 0.4) is 0 Å². The number of hydrogen-bond acceptors (Lipinski definition) is 0. The molecule has 5 aromatic rings. The number of hydrogen-bond donors (Lipinski definition) is 1. The smallest absolute Gasteiger partial charge is 0.109 e. The maximum atomic E-state index is 3.71. The van der Waals surface area contributed by atoms with E-state index < -0.39 is 7.26 Å². The topological polar surface area (TPSA) is 15.8 Å². The second kappa shape index (κ2) is 11.1. The summed E-state index contributed by atoms with van der Waals surface area (Å²) in [6, 6.07) is 40.9. The Morgan fingerprint density at radius 3 is 1.56 bits per heavy atom. The van der Waals surface area contributed by atoms with E-state index in [2.05, 4.69) is 127 Å². The Labute approximate surface area is 202 Å². The Bertz CT molecular complexity index is 1150. The number of H-pyrrole nitrogens is 1. The molecule has 0 unspecified atom stereocenters. The highest BCUT2D eigenvalue weighted by Crippen LogP contribution is 2.51. The first-order valence-electron chi connectivity index (χ1n) is 10.4. The molecule has 0 saturated heterocycles. The summed E-state index contributed by atoms with van der Waals surface area (Å²) in [7, 11) is -1.53. The van der Waals surface area contributed by atoms with Crippen LogP contribution >= 0.6 is 7.26 Å². The van der Waals surface area contributed by atoms with Gasteiger partial charge in [0.15, 0.2) is 0 Å². The van der Waals surface area contributed by atoms with Gasteiger partial charge in [0, 0.05) is 11.7 Å². The van der Waals surface area contributed by atoms with E-state index in [1.165, 1.54) is 26.8 Å². The normalized spacial score (nSPS) is 10.5. The lowest BCUT2D eigenvalue weighted by Gasteiger charge is -2.22. The molecule has 0 spiro atoms. The second-order valence-corrected chi connectivity index (χ2v) is 11.1. The van der Waals surface area contributed by atoms with E-state index in [1.807, 2.05) is 18.3 Å². The maximum Gasteiger partial charge on any atom is 0.109 e. The number of nitrogens with one attached hydrogen (secondary N) is 1. The minimum Gasteiger partial charge on any atom is -1.00 e. The molecule has 1 nitrogen and oxygen atoms in total. The third kappa shape index (κ3) is 5.10. The van der Waals surface area contributed by atoms with Crippen molar-refractivity contribution >= 4 is 40.2 Å². The van der Waals surface area contributed by atoms with Gasteiger partial charge < -0.3 is 22.0 Å². The predicted octanol–water partition coefficient (Wildman–Crippen LogP) is 3.43. The molecule has 0 fully saturated rings. The first kappa shape index (κ1) is 23.7. The minimum absolute atomic E-state index is 0. The monoisotopic (exact) mass is 499 g/mol. The Kier molecular flexibility index (Phi) is 8.22. The summed E-state index contributed by atoms with van der Waals surface area (Å²) in [6.45, 7) is 6.12. The van der Waals surface area contributed by atoms with Gasteiger partial charge >= 0.3 is 0 Å². The molecule has 4 aromatic carbocycles. The first-order valence-corrected chi connectivity index (χ1v) is 12.7. The van der Waals surface area contributed by atoms with Gasteiger partial charge in [-0.25, -0.2) is 0 Å². The number of aromatic nitrogens is 1. The van der Waals surface area contributed by atoms with Gasteiger partial charge in [0.25, 0.3) is 0 Å². The minimum atomic E-state index is -1.53. The van der Waals surface area contributed by atoms with Crippen LogP contribution < -0.4 is 32.9 Å². The van der Waals surface area contributed by atoms with Crippen LogP contribution in [0.2, 0.25) is 0 Å². The van der Waals surface area contributed by atoms with Crippen LogP contribution in [0.25, 0.3) is 17.0 Å². The Morgan fingerprint density at radius 1 is 0.656 bits per heavy atom. The zero-order chi connectivity index (χ0) is 21.5. The van der Waals surface area contributed by atoms with E-state index in [0.29, 0.717) is 0 Å². The molecule has 0 saturated carbocycles. The summed E-state index contributed by atoms with van der Waals surface area (Å²) in [5.41, 5.74) is 2.34. The second-order valence-electron chi connectivity index (χ2n) is 7.54. The summed E-state index contributed by atoms with van der Waals surface area (Å²) >= 11 is 0. The molecule has 160 valence electrons. The van der Waals surface area contributed by atoms with Gasteiger partial charge in [-0.2, -0.15) is 0 Å². The molecule has 0 amide bonds. The molecule has 0 aliphatic heterocycles. The first-order chi connectivity index (χ1) is 15.2. The SMILES string of the molecule is C=Cc1ccc2[nH]ccc2c1.C[P+](c1ccccc1)(c1ccccc1)c1ccccc1.[Br-]. The lowest BCUT2D eigenvalue weighted by atomic mass is 10.1. The van der Waals surface area contributed by atoms with Crippen molar-refractivity contribution in [1.82, 2.24) is 4.98 Å². The molecule has 0 radical (unpaired) electrons. The average Bonchev–Trinajstić information content (AvgIpc) is 3.33. The van der Waals surface area contributed by atoms with Crippen molar-refractivity contribution in [3.05, 3.63) is 134 Å². The molecule has 1 heterocycles. The molecule has 0 atom stereocenters. The summed E-state index contributed by atoms with van der Waals surface area (Å²) in [6.07, 6.45) is 3.80. The third-order valence-corrected chi connectivity index (χ3v) is 9.62. The number of fused-ring (bicyclic) bond motifs is 1. The van der Waals surface area contributed by atoms with Gasteiger partial charge in [-0.3, -0.25) is 0 Å². The zero-order valence-corrected chi connectivity index (χ0v) is 20.6. The number of halogens is 1. The largest absolute Gasteiger partial charge is 1.00 e. The van der Waals surface area contributed by atoms with Crippen molar-refractivity contribution in [1.29, 1.82) is 0 Å². The van der Waals surface area contributed by atoms with Gasteiger partial charge in [0.2, 0.25) is 0 Å². The van der Waals surface area contributed by atoms with Crippen molar-refractivity contribution in [2.45, 2.75) is 0 Å². The van der Waals surface area contributed by atoms with E-state index in [9.17, 15) is 0 Å². The summed E-state index contributed by atoms with van der Waals surface area (Å²) in [5.74, 6) is 0. The van der Waals surface area contributed by atoms with Crippen LogP contribution in [0.1, 0.15) is 5.56 Å². The van der Waals surface area contributed by atoms with E-state index >= 15 is 0 Å². The van der Waals surface area contributed by atoms with E-state index in [1.54, 1.807) is 0 Å². The van der Waals surface area contributed by atoms with E-state index in [-0.39, 0.29) is 17.0 Å². The molecule has 0 bridgehead atoms. The summed E-state index contributed by atoms with van der Waals surface area (Å²) in [4.78, 5) is 3.14. The molecule has 5 rings (SSSR count). The average molecular weight is 500 g/mol. The highest BCUT2D eigenvalue weighted by molar-refractivity contribution is 7.95. The van der Waals surface area contributed by atoms with Crippen LogP contribution in [0.15, 0.2) is 128 Å². The lowest BCUT2D eigenvalue weighted by molar-refractivity contribution is -0.00000606. The molecule has 3 heteroatoms. The van der Waals surface area contributed by atoms with Gasteiger partial charge in [0.1, 0.15) is 23.2 Å². The Morgan fingerprint density at radius 2 is 1.12 bits per heavy atom. The third-order valence-electron chi connectivity index (χ3n) is 5.63. The van der Waals surface area contributed by atoms with Gasteiger partial charge in [-0.1, -0.05) is 73.3 Å². The molecule has 0 aliphatic rings. The zero-order valence-electron chi connectivity index (χ0n) is 18.2. The fraction of sp³-hybridized carbons (Fsp3) is 0.0345. The summed E-state index contributed by atoms with van der Waals surface area (Å²) < 4.78 is 0. The molecular weight excluding hydrogens is 473 g/mol. The van der Waals surface area contributed by atoms with Gasteiger partial charge in [-0.05, 0) is 65.5 Å². The molecule has 32 heavy (non-hydrogen) atoms. The van der Waals surface area contributed by atoms with Crippen molar-refractivity contribution in [2.75, 3.05) is 6.66 Å². The lowest BCUT2D eigenvalue weighted by Crippen LogP contribution is -3.00. The number of aromatic amines is 1. The molecule has 1 aromatic heterocycles. The quantitative estimate of drug-likeness (QED) is 0.364. The Balaban J connectivity index is 0.000000204. The standard InChI is InChI=1S/C19H18P.C10H9N.BrH/c1-20(17-11-5-2-6-12-17,18-13-7-3-8-14-18)19-15-9-4-10-16-19;1-2-8-3-4-10-9(7-8)5-6-11-10;/h2-16H,1H3;2-7,11H,1H2;1H/q+1;;/p-1. The fourth-order valence-electron chi connectivity index (χ4n) is 3.82. The van der Waals surface area contributed by atoms with Crippen LogP contribution in [-0.2, 0) is 0 Å². The molecular formula is C29H27BrNP. The Hall–Kier alpha value is -2.93. The number of benzene rings is 4. The van der Waals surface area contributed by atoms with Crippen LogP contribution in [0.4, 0.5) is 0 Å².